The molecule has 5 nitrogen and oxygen atoms in total. The van der Waals surface area contributed by atoms with Crippen LogP contribution in [0.2, 0.25) is 0 Å². The molecule has 0 aliphatic carbocycles. The van der Waals surface area contributed by atoms with E-state index in [9.17, 15) is 4.79 Å². The lowest BCUT2D eigenvalue weighted by atomic mass is 10.00. The van der Waals surface area contributed by atoms with Gasteiger partial charge in [-0.25, -0.2) is 0 Å². The van der Waals surface area contributed by atoms with E-state index in [1.54, 1.807) is 32.4 Å². The number of rotatable bonds is 5. The summed E-state index contributed by atoms with van der Waals surface area (Å²) in [5, 5.41) is 2.86. The summed E-state index contributed by atoms with van der Waals surface area (Å²) in [6.07, 6.45) is 2.32. The minimum Gasteiger partial charge on any atom is -0.497 e. The number of nitrogens with one attached hydrogen (secondary N) is 1. The zero-order valence-electron chi connectivity index (χ0n) is 14.3. The summed E-state index contributed by atoms with van der Waals surface area (Å²) in [6.45, 7) is 4.24. The van der Waals surface area contributed by atoms with Gasteiger partial charge in [-0.15, -0.1) is 0 Å². The highest BCUT2D eigenvalue weighted by Crippen LogP contribution is 2.29. The molecule has 7 heteroatoms. The average molecular weight is 369 g/mol. The Morgan fingerprint density at radius 3 is 2.67 bits per heavy atom. The van der Waals surface area contributed by atoms with Crippen molar-refractivity contribution in [3.63, 3.8) is 0 Å². The molecule has 0 radical (unpaired) electrons. The first kappa shape index (κ1) is 18.9. The Hall–Kier alpha value is -1.47. The quantitative estimate of drug-likeness (QED) is 0.804. The van der Waals surface area contributed by atoms with Gasteiger partial charge in [0, 0.05) is 19.2 Å². The molecule has 1 heterocycles. The highest BCUT2D eigenvalue weighted by molar-refractivity contribution is 8.23. The van der Waals surface area contributed by atoms with Gasteiger partial charge in [-0.05, 0) is 30.9 Å². The molecule has 1 aliphatic heterocycles. The largest absolute Gasteiger partial charge is 0.497 e. The number of hydrogen-bond donors (Lipinski definition) is 1. The number of ether oxygens (including phenoxy) is 2. The van der Waals surface area contributed by atoms with Crippen molar-refractivity contribution in [2.24, 2.45) is 5.92 Å². The lowest BCUT2D eigenvalue weighted by Crippen LogP contribution is -2.36. The first-order valence-electron chi connectivity index (χ1n) is 7.97. The van der Waals surface area contributed by atoms with Gasteiger partial charge in [0.05, 0.1) is 25.7 Å². The second-order valence-electron chi connectivity index (χ2n) is 5.84. The summed E-state index contributed by atoms with van der Waals surface area (Å²) >= 11 is 6.86. The van der Waals surface area contributed by atoms with Gasteiger partial charge < -0.3 is 19.7 Å². The molecule has 1 N–H and O–H groups in total. The van der Waals surface area contributed by atoms with Gasteiger partial charge in [-0.3, -0.25) is 4.79 Å². The van der Waals surface area contributed by atoms with Gasteiger partial charge in [-0.1, -0.05) is 30.9 Å². The predicted octanol–water partition coefficient (Wildman–Crippen LogP) is 3.39. The lowest BCUT2D eigenvalue weighted by Gasteiger charge is -2.31. The SMILES string of the molecule is COc1ccc(OC)c(NC(=O)CSC(=S)N2CCC(C)CC2)c1. The monoisotopic (exact) mass is 368 g/mol. The fourth-order valence-corrected chi connectivity index (χ4v) is 3.56. The van der Waals surface area contributed by atoms with Crippen LogP contribution in [0.1, 0.15) is 19.8 Å². The minimum absolute atomic E-state index is 0.112. The molecular weight excluding hydrogens is 344 g/mol. The molecule has 1 aliphatic rings. The maximum atomic E-state index is 12.2. The molecule has 1 saturated heterocycles. The van der Waals surface area contributed by atoms with Gasteiger partial charge in [0.2, 0.25) is 5.91 Å². The highest BCUT2D eigenvalue weighted by atomic mass is 32.2. The third kappa shape index (κ3) is 5.27. The maximum absolute atomic E-state index is 12.2. The van der Waals surface area contributed by atoms with Crippen molar-refractivity contribution < 1.29 is 14.3 Å². The van der Waals surface area contributed by atoms with Crippen molar-refractivity contribution in [3.8, 4) is 11.5 Å². The van der Waals surface area contributed by atoms with Crippen LogP contribution in [-0.2, 0) is 4.79 Å². The molecule has 0 unspecified atom stereocenters. The molecule has 132 valence electrons. The van der Waals surface area contributed by atoms with E-state index in [0.717, 1.165) is 36.2 Å². The number of anilines is 1. The first-order valence-corrected chi connectivity index (χ1v) is 9.36. The van der Waals surface area contributed by atoms with Crippen molar-refractivity contribution in [3.05, 3.63) is 18.2 Å². The summed E-state index contributed by atoms with van der Waals surface area (Å²) in [4.78, 5) is 14.4. The van der Waals surface area contributed by atoms with E-state index in [0.29, 0.717) is 17.2 Å². The Kier molecular flexibility index (Phi) is 7.17. The maximum Gasteiger partial charge on any atom is 0.234 e. The molecule has 0 atom stereocenters. The molecule has 0 spiro atoms. The summed E-state index contributed by atoms with van der Waals surface area (Å²) in [5.41, 5.74) is 0.597. The first-order chi connectivity index (χ1) is 11.5. The van der Waals surface area contributed by atoms with Crippen molar-refractivity contribution in [1.82, 2.24) is 4.90 Å². The zero-order chi connectivity index (χ0) is 17.5. The van der Waals surface area contributed by atoms with Crippen LogP contribution in [0, 0.1) is 5.92 Å². The fourth-order valence-electron chi connectivity index (χ4n) is 2.51. The van der Waals surface area contributed by atoms with Crippen molar-refractivity contribution >= 4 is 39.9 Å². The van der Waals surface area contributed by atoms with Crippen molar-refractivity contribution in [1.29, 1.82) is 0 Å². The summed E-state index contributed by atoms with van der Waals surface area (Å²) < 4.78 is 11.2. The van der Waals surface area contributed by atoms with Crippen molar-refractivity contribution in [2.45, 2.75) is 19.8 Å². The van der Waals surface area contributed by atoms with E-state index in [-0.39, 0.29) is 11.7 Å². The van der Waals surface area contributed by atoms with Gasteiger partial charge >= 0.3 is 0 Å². The van der Waals surface area contributed by atoms with E-state index in [4.69, 9.17) is 21.7 Å². The number of thiocarbonyl (C=S) groups is 1. The highest BCUT2D eigenvalue weighted by Gasteiger charge is 2.19. The normalized spacial score (nSPS) is 15.0. The number of carbonyl (C=O) groups excluding carboxylic acids is 1. The Bertz CT molecular complexity index is 587. The van der Waals surface area contributed by atoms with E-state index < -0.39 is 0 Å². The number of likely N-dealkylation sites (tertiary alicyclic amines) is 1. The fraction of sp³-hybridized carbons (Fsp3) is 0.529. The Morgan fingerprint density at radius 1 is 1.33 bits per heavy atom. The topological polar surface area (TPSA) is 50.8 Å². The third-order valence-corrected chi connectivity index (χ3v) is 5.57. The summed E-state index contributed by atoms with van der Waals surface area (Å²) in [5.74, 6) is 2.20. The standard InChI is InChI=1S/C17H24N2O3S2/c1-12-6-8-19(9-7-12)17(23)24-11-16(20)18-14-10-13(21-2)4-5-15(14)22-3/h4-5,10,12H,6-9,11H2,1-3H3,(H,18,20). The van der Waals surface area contributed by atoms with Crippen LogP contribution >= 0.6 is 24.0 Å². The van der Waals surface area contributed by atoms with Crippen LogP contribution in [0.4, 0.5) is 5.69 Å². The van der Waals surface area contributed by atoms with Gasteiger partial charge in [0.1, 0.15) is 15.8 Å². The Labute approximate surface area is 153 Å². The molecule has 1 amide bonds. The molecule has 1 fully saturated rings. The molecule has 24 heavy (non-hydrogen) atoms. The summed E-state index contributed by atoms with van der Waals surface area (Å²) in [6, 6.07) is 5.29. The second-order valence-corrected chi connectivity index (χ2v) is 7.45. The van der Waals surface area contributed by atoms with Gasteiger partial charge in [-0.2, -0.15) is 0 Å². The number of thioether (sulfide) groups is 1. The lowest BCUT2D eigenvalue weighted by molar-refractivity contribution is -0.113. The van der Waals surface area contributed by atoms with E-state index in [1.807, 2.05) is 0 Å². The number of piperidine rings is 1. The number of benzene rings is 1. The second kappa shape index (κ2) is 9.13. The molecule has 1 aromatic carbocycles. The molecular formula is C17H24N2O3S2. The van der Waals surface area contributed by atoms with Crippen LogP contribution in [0.25, 0.3) is 0 Å². The van der Waals surface area contributed by atoms with E-state index >= 15 is 0 Å². The molecule has 0 aromatic heterocycles. The van der Waals surface area contributed by atoms with Gasteiger partial charge in [0.15, 0.2) is 0 Å². The number of nitrogens with zero attached hydrogens (tertiary/aromatic N) is 1. The van der Waals surface area contributed by atoms with Crippen molar-refractivity contribution in [2.75, 3.05) is 38.4 Å². The van der Waals surface area contributed by atoms with Crippen LogP contribution < -0.4 is 14.8 Å². The van der Waals surface area contributed by atoms with E-state index in [1.165, 1.54) is 11.8 Å². The van der Waals surface area contributed by atoms with Gasteiger partial charge in [0.25, 0.3) is 0 Å². The van der Waals surface area contributed by atoms with Crippen LogP contribution in [0.15, 0.2) is 18.2 Å². The Balaban J connectivity index is 1.86. The number of amides is 1. The molecule has 0 bridgehead atoms. The molecule has 1 aromatic rings. The number of carbonyl (C=O) groups is 1. The summed E-state index contributed by atoms with van der Waals surface area (Å²) in [7, 11) is 3.15. The third-order valence-electron chi connectivity index (χ3n) is 4.05. The minimum atomic E-state index is -0.112. The zero-order valence-corrected chi connectivity index (χ0v) is 16.0. The smallest absolute Gasteiger partial charge is 0.234 e. The molecule has 2 rings (SSSR count). The predicted molar refractivity (Wildman–Crippen MR) is 103 cm³/mol. The Morgan fingerprint density at radius 2 is 2.04 bits per heavy atom. The van der Waals surface area contributed by atoms with E-state index in [2.05, 4.69) is 17.1 Å². The number of hydrogen-bond acceptors (Lipinski definition) is 5. The van der Waals surface area contributed by atoms with Crippen LogP contribution in [-0.4, -0.2) is 48.2 Å². The molecule has 0 saturated carbocycles. The average Bonchev–Trinajstić information content (AvgIpc) is 2.60. The number of methoxy groups -OCH3 is 2. The van der Waals surface area contributed by atoms with Crippen LogP contribution in [0.3, 0.4) is 0 Å². The van der Waals surface area contributed by atoms with Crippen LogP contribution in [0.5, 0.6) is 11.5 Å².